The minimum absolute atomic E-state index is 0.0263. The molecule has 292 valence electrons. The highest BCUT2D eigenvalue weighted by Gasteiger charge is 2.51. The van der Waals surface area contributed by atoms with E-state index in [1.165, 1.54) is 40.5 Å². The minimum atomic E-state index is -5.75. The number of imidazole rings is 2. The van der Waals surface area contributed by atoms with Crippen LogP contribution < -0.4 is 41.2 Å². The summed E-state index contributed by atoms with van der Waals surface area (Å²) < 4.78 is 38.6. The van der Waals surface area contributed by atoms with Crippen molar-refractivity contribution < 1.29 is 76.2 Å². The van der Waals surface area contributed by atoms with Crippen molar-refractivity contribution in [1.29, 1.82) is 0 Å². The van der Waals surface area contributed by atoms with Crippen LogP contribution in [0.25, 0.3) is 22.3 Å². The van der Waals surface area contributed by atoms with Gasteiger partial charge in [0.25, 0.3) is 11.5 Å². The number of aliphatic hydroxyl groups is 3. The Hall–Kier alpha value is -2.24. The lowest BCUT2D eigenvalue weighted by Gasteiger charge is -2.39. The third-order valence-electron chi connectivity index (χ3n) is 7.93. The Labute approximate surface area is 307 Å². The summed E-state index contributed by atoms with van der Waals surface area (Å²) >= 11 is 9.57. The lowest BCUT2D eigenvalue weighted by atomic mass is 10.1. The highest BCUT2D eigenvalue weighted by Crippen LogP contribution is 2.72. The minimum Gasteiger partial charge on any atom is -0.642 e. The third-order valence-corrected chi connectivity index (χ3v) is 13.6. The Bertz CT molecular complexity index is 2100. The maximum Gasteiger partial charge on any atom is 0.427 e. The first-order valence-corrected chi connectivity index (χ1v) is 20.7. The van der Waals surface area contributed by atoms with Crippen molar-refractivity contribution in [2.45, 2.75) is 49.1 Å². The Morgan fingerprint density at radius 2 is 1.70 bits per heavy atom. The smallest absolute Gasteiger partial charge is 0.427 e. The predicted molar refractivity (Wildman–Crippen MR) is 174 cm³/mol. The van der Waals surface area contributed by atoms with Crippen LogP contribution in [0.4, 0.5) is 11.9 Å². The number of methoxy groups -OCH3 is 1. The van der Waals surface area contributed by atoms with Crippen molar-refractivity contribution in [2.24, 2.45) is 7.05 Å². The molecular formula is C22H30N10O16P3S2-. The van der Waals surface area contributed by atoms with Gasteiger partial charge in [0.1, 0.15) is 61.0 Å². The second kappa shape index (κ2) is 15.0. The molecule has 0 aliphatic carbocycles. The highest BCUT2D eigenvalue weighted by atomic mass is 32.7. The summed E-state index contributed by atoms with van der Waals surface area (Å²) in [6, 6.07) is 0. The molecule has 10 N–H and O–H groups in total. The second-order valence-corrected chi connectivity index (χ2v) is 17.7. The molecule has 2 saturated heterocycles. The second-order valence-electron chi connectivity index (χ2n) is 11.5. The number of aromatic nitrogens is 8. The molecule has 0 spiro atoms. The number of fused-ring (bicyclic) bond motifs is 2. The molecule has 0 saturated carbocycles. The van der Waals surface area contributed by atoms with Crippen molar-refractivity contribution in [3.05, 3.63) is 27.6 Å². The average Bonchev–Trinajstić information content (AvgIpc) is 3.77. The van der Waals surface area contributed by atoms with Gasteiger partial charge in [-0.1, -0.05) is 21.5 Å². The maximum absolute atomic E-state index is 12.7. The van der Waals surface area contributed by atoms with Gasteiger partial charge in [-0.3, -0.25) is 18.9 Å². The van der Waals surface area contributed by atoms with E-state index in [-0.39, 0.29) is 38.9 Å². The number of anilines is 2. The van der Waals surface area contributed by atoms with E-state index >= 15 is 0 Å². The van der Waals surface area contributed by atoms with Crippen molar-refractivity contribution in [1.82, 2.24) is 34.1 Å². The molecule has 0 aromatic carbocycles. The average molecular weight is 848 g/mol. The largest absolute Gasteiger partial charge is 0.642 e. The lowest BCUT2D eigenvalue weighted by Crippen LogP contribution is -2.47. The summed E-state index contributed by atoms with van der Waals surface area (Å²) in [5.74, 6) is -0.309. The van der Waals surface area contributed by atoms with Gasteiger partial charge in [-0.05, 0) is 4.31 Å². The Morgan fingerprint density at radius 3 is 2.40 bits per heavy atom. The third kappa shape index (κ3) is 8.33. The van der Waals surface area contributed by atoms with Gasteiger partial charge in [0.15, 0.2) is 23.1 Å². The first-order valence-electron chi connectivity index (χ1n) is 14.7. The van der Waals surface area contributed by atoms with Gasteiger partial charge < -0.3 is 77.8 Å². The molecule has 0 bridgehead atoms. The highest BCUT2D eigenvalue weighted by molar-refractivity contribution is 8.36. The number of nitrogens with zero attached hydrogens (tertiary/aromatic N) is 6. The zero-order chi connectivity index (χ0) is 38.8. The monoisotopic (exact) mass is 847 g/mol. The van der Waals surface area contributed by atoms with E-state index in [4.69, 9.17) is 42.4 Å². The van der Waals surface area contributed by atoms with Crippen molar-refractivity contribution in [2.75, 3.05) is 31.8 Å². The maximum atomic E-state index is 12.7. The molecule has 0 amide bonds. The molecule has 26 nitrogen and oxygen atoms in total. The van der Waals surface area contributed by atoms with Crippen LogP contribution >= 0.6 is 35.7 Å². The number of hydrogen-bond acceptors (Lipinski definition) is 23. The van der Waals surface area contributed by atoms with Gasteiger partial charge in [0.05, 0.1) is 13.4 Å². The van der Waals surface area contributed by atoms with E-state index in [0.29, 0.717) is 0 Å². The molecule has 2 fully saturated rings. The number of hydrogen-bond donors (Lipinski definition) is 8. The molecule has 31 heteroatoms. The topological polar surface area (TPSA) is 391 Å². The van der Waals surface area contributed by atoms with Gasteiger partial charge in [-0.25, -0.2) is 19.1 Å². The number of ether oxygens (including phenoxy) is 3. The predicted octanol–water partition coefficient (Wildman–Crippen LogP) is -5.81. The molecule has 4 aromatic rings. The zero-order valence-corrected chi connectivity index (χ0v) is 31.2. The van der Waals surface area contributed by atoms with E-state index in [1.807, 2.05) is 0 Å². The van der Waals surface area contributed by atoms with Crippen molar-refractivity contribution >= 4 is 82.2 Å². The number of phosphoric acid groups is 2. The Balaban J connectivity index is 1.05. The number of aromatic amines is 2. The molecule has 4 aromatic heterocycles. The summed E-state index contributed by atoms with van der Waals surface area (Å²) in [6.07, 6.45) is -9.06. The molecule has 53 heavy (non-hydrogen) atoms. The Morgan fingerprint density at radius 1 is 1.04 bits per heavy atom. The number of nitrogens with two attached hydrogens (primary N) is 2. The zero-order valence-electron chi connectivity index (χ0n) is 26.9. The molecule has 2 aliphatic rings. The van der Waals surface area contributed by atoms with E-state index in [9.17, 15) is 44.6 Å². The van der Waals surface area contributed by atoms with Crippen molar-refractivity contribution in [3.8, 4) is 0 Å². The summed E-state index contributed by atoms with van der Waals surface area (Å²) in [5, 5.41) is 31.9. The first kappa shape index (κ1) is 40.4. The SMILES string of the molecule is CO[C@@H]1[C@H](O)[C@@H](CO[P+]([O-])(O)O[P+]([O-])([S-])O[P+]([O-])([O-])OC[C@H]2O[C@@H](n3cnc4c(=S)nc(N)[nH]c43)[C@H](O)[C@@H]2O)O[C@H]1[n+]1cn(C)c2c(=O)[nH]c(N)nc21. The number of nitrogen functional groups attached to an aromatic ring is 2. The van der Waals surface area contributed by atoms with Crippen LogP contribution in [-0.4, -0.2) is 111 Å². The van der Waals surface area contributed by atoms with Crippen LogP contribution in [-0.2, 0) is 51.2 Å². The van der Waals surface area contributed by atoms with Gasteiger partial charge in [0.2, 0.25) is 27.1 Å². The Kier molecular flexibility index (Phi) is 11.5. The molecular weight excluding hydrogens is 817 g/mol. The number of aliphatic hydroxyl groups excluding tert-OH is 3. The van der Waals surface area contributed by atoms with Gasteiger partial charge in [-0.15, -0.1) is 0 Å². The molecule has 2 aliphatic heterocycles. The fraction of sp³-hybridized carbons (Fsp3) is 0.545. The number of rotatable bonds is 13. The molecule has 6 heterocycles. The molecule has 10 atom stereocenters. The summed E-state index contributed by atoms with van der Waals surface area (Å²) in [4.78, 5) is 90.1. The van der Waals surface area contributed by atoms with Crippen LogP contribution in [0.1, 0.15) is 12.5 Å². The number of aryl methyl sites for hydroxylation is 1. The first-order chi connectivity index (χ1) is 24.7. The quantitative estimate of drug-likeness (QED) is 0.0269. The van der Waals surface area contributed by atoms with E-state index < -0.39 is 91.3 Å². The fourth-order valence-corrected chi connectivity index (χ4v) is 10.8. The fourth-order valence-electron chi connectivity index (χ4n) is 5.68. The molecule has 6 rings (SSSR count). The van der Waals surface area contributed by atoms with Crippen LogP contribution in [0.5, 0.6) is 0 Å². The van der Waals surface area contributed by atoms with E-state index in [2.05, 4.69) is 50.3 Å². The van der Waals surface area contributed by atoms with Crippen LogP contribution in [0.15, 0.2) is 17.4 Å². The molecule has 0 radical (unpaired) electrons. The standard InChI is InChI=1S/C22H31N10O16P3S2/c1-30-6-32(16-10(30)17(36)28-21(23)27-16)20-14(42-2)12(34)8(46-20)4-44-50(39,40)48-51(41,53)47-49(37,38)43-3-7-11(33)13(35)19(45-7)31-5-25-9-15(31)26-22(24)29-18(9)52/h5-8,11-14,19-20,33-35H,3-4H2,1-2H3,(H8-,23,24,26,27,28,29,36,37,38,39,40,41,52,53)/p-1/t7-,8-,11-,12-,13-,14-,19-,20-,51?/m1/s1. The lowest BCUT2D eigenvalue weighted by molar-refractivity contribution is -0.746. The van der Waals surface area contributed by atoms with Crippen LogP contribution in [0.3, 0.4) is 0 Å². The van der Waals surface area contributed by atoms with Crippen LogP contribution in [0.2, 0.25) is 0 Å². The normalized spacial score (nSPS) is 28.9. The van der Waals surface area contributed by atoms with Gasteiger partial charge in [0, 0.05) is 7.11 Å². The van der Waals surface area contributed by atoms with Gasteiger partial charge in [-0.2, -0.15) is 9.42 Å². The summed E-state index contributed by atoms with van der Waals surface area (Å²) in [7, 11) is -14.0. The number of phosphoric ester groups is 2. The summed E-state index contributed by atoms with van der Waals surface area (Å²) in [5.41, 5.74) is 11.3. The van der Waals surface area contributed by atoms with Crippen molar-refractivity contribution in [3.63, 3.8) is 0 Å². The number of H-pyrrole nitrogens is 2. The summed E-state index contributed by atoms with van der Waals surface area (Å²) in [6.45, 7) is -1.97. The van der Waals surface area contributed by atoms with Gasteiger partial charge >= 0.3 is 13.8 Å². The number of nitrogens with one attached hydrogen (secondary N) is 2. The van der Waals surface area contributed by atoms with Crippen LogP contribution in [0, 0.1) is 4.64 Å². The van der Waals surface area contributed by atoms with E-state index in [0.717, 1.165) is 0 Å². The van der Waals surface area contributed by atoms with E-state index in [1.54, 1.807) is 0 Å². The molecule has 2 unspecified atom stereocenters.